The number of carbonyl (C=O) groups is 2. The summed E-state index contributed by atoms with van der Waals surface area (Å²) in [6.07, 6.45) is 0.0442. The van der Waals surface area contributed by atoms with E-state index < -0.39 is 23.3 Å². The van der Waals surface area contributed by atoms with Crippen LogP contribution in [0.4, 0.5) is 0 Å². The number of aliphatic carboxylic acids is 2. The van der Waals surface area contributed by atoms with E-state index in [1.807, 2.05) is 6.07 Å². The smallest absolute Gasteiger partial charge is 0.318 e. The largest absolute Gasteiger partial charge is 0.481 e. The van der Waals surface area contributed by atoms with Crippen LogP contribution in [0.2, 0.25) is 0 Å². The summed E-state index contributed by atoms with van der Waals surface area (Å²) in [6, 6.07) is 19.5. The van der Waals surface area contributed by atoms with E-state index in [9.17, 15) is 19.8 Å². The minimum Gasteiger partial charge on any atom is -0.481 e. The molecule has 0 aromatic heterocycles. The summed E-state index contributed by atoms with van der Waals surface area (Å²) in [6.45, 7) is 0. The Morgan fingerprint density at radius 1 is 0.960 bits per heavy atom. The number of hydrogen-bond acceptors (Lipinski definition) is 3. The summed E-state index contributed by atoms with van der Waals surface area (Å²) in [5, 5.41) is 28.2. The average molecular weight is 337 g/mol. The lowest BCUT2D eigenvalue weighted by Crippen LogP contribution is -2.38. The van der Waals surface area contributed by atoms with E-state index in [4.69, 9.17) is 5.26 Å². The molecular formula is C20H19NO4. The summed E-state index contributed by atoms with van der Waals surface area (Å²) in [5.41, 5.74) is -0.171. The van der Waals surface area contributed by atoms with Crippen molar-refractivity contribution in [3.8, 4) is 6.07 Å². The molecular weight excluding hydrogens is 318 g/mol. The van der Waals surface area contributed by atoms with E-state index in [1.165, 1.54) is 0 Å². The van der Waals surface area contributed by atoms with Gasteiger partial charge in [-0.2, -0.15) is 5.26 Å². The van der Waals surface area contributed by atoms with Crippen molar-refractivity contribution in [2.45, 2.75) is 24.7 Å². The highest BCUT2D eigenvalue weighted by Gasteiger charge is 2.42. The van der Waals surface area contributed by atoms with Gasteiger partial charge in [-0.15, -0.1) is 0 Å². The number of hydrogen-bond donors (Lipinski definition) is 2. The molecule has 2 rings (SSSR count). The third-order valence-electron chi connectivity index (χ3n) is 4.45. The molecule has 0 saturated carbocycles. The van der Waals surface area contributed by atoms with Gasteiger partial charge in [0.25, 0.3) is 0 Å². The van der Waals surface area contributed by atoms with E-state index in [1.54, 1.807) is 60.7 Å². The Kier molecular flexibility index (Phi) is 5.91. The third kappa shape index (κ3) is 3.86. The van der Waals surface area contributed by atoms with E-state index >= 15 is 0 Å². The number of carboxylic acids is 2. The van der Waals surface area contributed by atoms with Crippen molar-refractivity contribution in [3.63, 3.8) is 0 Å². The van der Waals surface area contributed by atoms with Crippen LogP contribution in [0.3, 0.4) is 0 Å². The standard InChI is InChI=1S/C20H19NO4/c21-14-12-15(18(22)23)11-13-20(19(24)25,16-7-3-1-4-8-16)17-9-5-2-6-10-17/h1-10,15H,11-13H2,(H,22,23)(H,24,25). The Bertz CT molecular complexity index is 726. The van der Waals surface area contributed by atoms with Gasteiger partial charge in [-0.05, 0) is 24.0 Å². The van der Waals surface area contributed by atoms with E-state index in [2.05, 4.69) is 0 Å². The topological polar surface area (TPSA) is 98.4 Å². The van der Waals surface area contributed by atoms with Gasteiger partial charge < -0.3 is 10.2 Å². The van der Waals surface area contributed by atoms with Gasteiger partial charge in [-0.25, -0.2) is 0 Å². The summed E-state index contributed by atoms with van der Waals surface area (Å²) < 4.78 is 0. The maximum absolute atomic E-state index is 12.4. The normalized spacial score (nSPS) is 12.1. The molecule has 1 atom stereocenters. The number of nitrogens with zero attached hydrogens (tertiary/aromatic N) is 1. The Morgan fingerprint density at radius 3 is 1.80 bits per heavy atom. The highest BCUT2D eigenvalue weighted by Crippen LogP contribution is 2.38. The van der Waals surface area contributed by atoms with Crippen LogP contribution in [-0.2, 0) is 15.0 Å². The Morgan fingerprint density at radius 2 is 1.44 bits per heavy atom. The molecule has 0 spiro atoms. The predicted molar refractivity (Wildman–Crippen MR) is 91.9 cm³/mol. The molecule has 0 heterocycles. The van der Waals surface area contributed by atoms with E-state index in [0.29, 0.717) is 11.1 Å². The quantitative estimate of drug-likeness (QED) is 0.768. The monoisotopic (exact) mass is 337 g/mol. The molecule has 0 fully saturated rings. The van der Waals surface area contributed by atoms with Crippen molar-refractivity contribution in [2.24, 2.45) is 5.92 Å². The second kappa shape index (κ2) is 8.11. The number of carboxylic acid groups (broad SMARTS) is 2. The molecule has 1 unspecified atom stereocenters. The van der Waals surface area contributed by atoms with Gasteiger partial charge in [0.2, 0.25) is 0 Å². The molecule has 2 aromatic rings. The van der Waals surface area contributed by atoms with Gasteiger partial charge in [0, 0.05) is 6.42 Å². The molecule has 0 bridgehead atoms. The van der Waals surface area contributed by atoms with Crippen molar-refractivity contribution in [1.82, 2.24) is 0 Å². The average Bonchev–Trinajstić information content (AvgIpc) is 2.62. The zero-order valence-corrected chi connectivity index (χ0v) is 13.6. The molecule has 2 aromatic carbocycles. The molecule has 128 valence electrons. The number of benzene rings is 2. The maximum atomic E-state index is 12.4. The Hall–Kier alpha value is -3.13. The maximum Gasteiger partial charge on any atom is 0.318 e. The first-order chi connectivity index (χ1) is 12.0. The van der Waals surface area contributed by atoms with Gasteiger partial charge >= 0.3 is 11.9 Å². The highest BCUT2D eigenvalue weighted by molar-refractivity contribution is 5.86. The van der Waals surface area contributed by atoms with Crippen LogP contribution in [0, 0.1) is 17.2 Å². The van der Waals surface area contributed by atoms with Crippen LogP contribution in [0.1, 0.15) is 30.4 Å². The third-order valence-corrected chi connectivity index (χ3v) is 4.45. The molecule has 2 N–H and O–H groups in total. The van der Waals surface area contributed by atoms with Crippen molar-refractivity contribution in [2.75, 3.05) is 0 Å². The van der Waals surface area contributed by atoms with Crippen LogP contribution < -0.4 is 0 Å². The first kappa shape index (κ1) is 18.2. The molecule has 0 saturated heterocycles. The molecule has 0 aliphatic heterocycles. The predicted octanol–water partition coefficient (Wildman–Crippen LogP) is 3.45. The van der Waals surface area contributed by atoms with Crippen molar-refractivity contribution < 1.29 is 19.8 Å². The summed E-state index contributed by atoms with van der Waals surface area (Å²) >= 11 is 0. The Labute approximate surface area is 146 Å². The van der Waals surface area contributed by atoms with Crippen LogP contribution >= 0.6 is 0 Å². The fraction of sp³-hybridized carbons (Fsp3) is 0.250. The van der Waals surface area contributed by atoms with Gasteiger partial charge in [-0.3, -0.25) is 9.59 Å². The zero-order chi connectivity index (χ0) is 18.3. The van der Waals surface area contributed by atoms with Crippen LogP contribution in [0.5, 0.6) is 0 Å². The second-order valence-electron chi connectivity index (χ2n) is 5.88. The van der Waals surface area contributed by atoms with Crippen LogP contribution in [0.15, 0.2) is 60.7 Å². The molecule has 0 aliphatic rings. The van der Waals surface area contributed by atoms with Gasteiger partial charge in [-0.1, -0.05) is 60.7 Å². The van der Waals surface area contributed by atoms with Gasteiger partial charge in [0.1, 0.15) is 5.41 Å². The van der Waals surface area contributed by atoms with Gasteiger partial charge in [0.15, 0.2) is 0 Å². The summed E-state index contributed by atoms with van der Waals surface area (Å²) in [4.78, 5) is 23.7. The minimum absolute atomic E-state index is 0.0923. The van der Waals surface area contributed by atoms with Crippen molar-refractivity contribution in [3.05, 3.63) is 71.8 Å². The molecule has 5 nitrogen and oxygen atoms in total. The second-order valence-corrected chi connectivity index (χ2v) is 5.88. The Balaban J connectivity index is 2.50. The summed E-state index contributed by atoms with van der Waals surface area (Å²) in [7, 11) is 0. The fourth-order valence-electron chi connectivity index (χ4n) is 3.07. The van der Waals surface area contributed by atoms with E-state index in [0.717, 1.165) is 0 Å². The molecule has 0 radical (unpaired) electrons. The molecule has 0 amide bonds. The zero-order valence-electron chi connectivity index (χ0n) is 13.6. The first-order valence-electron chi connectivity index (χ1n) is 7.96. The number of nitriles is 1. The molecule has 0 aliphatic carbocycles. The molecule has 25 heavy (non-hydrogen) atoms. The lowest BCUT2D eigenvalue weighted by Gasteiger charge is -2.31. The minimum atomic E-state index is -1.36. The highest BCUT2D eigenvalue weighted by atomic mass is 16.4. The fourth-order valence-corrected chi connectivity index (χ4v) is 3.07. The van der Waals surface area contributed by atoms with Crippen LogP contribution in [-0.4, -0.2) is 22.2 Å². The lowest BCUT2D eigenvalue weighted by atomic mass is 9.70. The SMILES string of the molecule is N#CCC(CCC(C(=O)O)(c1ccccc1)c1ccccc1)C(=O)O. The van der Waals surface area contributed by atoms with Gasteiger partial charge in [0.05, 0.1) is 12.0 Å². The lowest BCUT2D eigenvalue weighted by molar-refractivity contribution is -0.145. The molecule has 5 heteroatoms. The number of rotatable bonds is 8. The van der Waals surface area contributed by atoms with E-state index in [-0.39, 0.29) is 19.3 Å². The first-order valence-corrected chi connectivity index (χ1v) is 7.96. The van der Waals surface area contributed by atoms with Crippen molar-refractivity contribution >= 4 is 11.9 Å². The van der Waals surface area contributed by atoms with Crippen molar-refractivity contribution in [1.29, 1.82) is 5.26 Å². The van der Waals surface area contributed by atoms with Crippen LogP contribution in [0.25, 0.3) is 0 Å². The summed E-state index contributed by atoms with van der Waals surface area (Å²) in [5.74, 6) is -3.01.